The summed E-state index contributed by atoms with van der Waals surface area (Å²) in [6, 6.07) is 12.1. The van der Waals surface area contributed by atoms with Crippen LogP contribution in [0.5, 0.6) is 0 Å². The third kappa shape index (κ3) is 4.76. The van der Waals surface area contributed by atoms with Gasteiger partial charge in [0.15, 0.2) is 5.78 Å². The van der Waals surface area contributed by atoms with E-state index in [0.717, 1.165) is 0 Å². The van der Waals surface area contributed by atoms with E-state index < -0.39 is 15.9 Å². The minimum absolute atomic E-state index is 0.0621. The second-order valence-electron chi connectivity index (χ2n) is 5.15. The van der Waals surface area contributed by atoms with Gasteiger partial charge in [-0.3, -0.25) is 9.59 Å². The number of benzene rings is 2. The number of carbonyl (C=O) groups is 2. The number of rotatable bonds is 6. The number of terminal acetylenes is 1. The molecule has 6 nitrogen and oxygen atoms in total. The van der Waals surface area contributed by atoms with Gasteiger partial charge >= 0.3 is 0 Å². The van der Waals surface area contributed by atoms with Crippen LogP contribution in [0.25, 0.3) is 0 Å². The molecule has 0 radical (unpaired) electrons. The molecule has 0 spiro atoms. The van der Waals surface area contributed by atoms with E-state index in [9.17, 15) is 18.0 Å². The fraction of sp³-hybridized carbons (Fsp3) is 0.111. The van der Waals surface area contributed by atoms with E-state index in [4.69, 9.17) is 6.42 Å². The fourth-order valence-corrected chi connectivity index (χ4v) is 3.02. The molecule has 0 atom stereocenters. The van der Waals surface area contributed by atoms with Crippen LogP contribution in [0.1, 0.15) is 27.6 Å². The largest absolute Gasteiger partial charge is 0.322 e. The van der Waals surface area contributed by atoms with Crippen molar-refractivity contribution in [2.75, 3.05) is 11.9 Å². The van der Waals surface area contributed by atoms with Gasteiger partial charge in [-0.05, 0) is 37.3 Å². The summed E-state index contributed by atoms with van der Waals surface area (Å²) in [5, 5.41) is 2.64. The summed E-state index contributed by atoms with van der Waals surface area (Å²) in [4.78, 5) is 23.7. The Morgan fingerprint density at radius 3 is 2.44 bits per heavy atom. The van der Waals surface area contributed by atoms with E-state index in [2.05, 4.69) is 16.0 Å². The average Bonchev–Trinajstić information content (AvgIpc) is 2.60. The molecule has 2 aromatic rings. The Bertz CT molecular complexity index is 959. The number of carbonyl (C=O) groups excluding carboxylic acids is 2. The molecule has 2 aromatic carbocycles. The number of sulfonamides is 1. The van der Waals surface area contributed by atoms with Crippen molar-refractivity contribution in [3.05, 3.63) is 59.7 Å². The molecule has 0 heterocycles. The molecule has 0 aliphatic rings. The average molecular weight is 356 g/mol. The van der Waals surface area contributed by atoms with Gasteiger partial charge in [-0.1, -0.05) is 24.1 Å². The molecule has 0 aliphatic carbocycles. The maximum Gasteiger partial charge on any atom is 0.255 e. The first-order valence-corrected chi connectivity index (χ1v) is 8.77. The zero-order valence-electron chi connectivity index (χ0n) is 13.4. The molecule has 7 heteroatoms. The SMILES string of the molecule is C#CCNS(=O)(=O)c1cccc(C(=O)Nc2cccc(C(C)=O)c2)c1. The van der Waals surface area contributed by atoms with Crippen LogP contribution in [-0.2, 0) is 10.0 Å². The van der Waals surface area contributed by atoms with Crippen molar-refractivity contribution < 1.29 is 18.0 Å². The maximum atomic E-state index is 12.3. The van der Waals surface area contributed by atoms with Crippen LogP contribution < -0.4 is 10.0 Å². The molecule has 0 fully saturated rings. The van der Waals surface area contributed by atoms with E-state index in [-0.39, 0.29) is 22.8 Å². The Morgan fingerprint density at radius 2 is 1.76 bits per heavy atom. The fourth-order valence-electron chi connectivity index (χ4n) is 2.04. The van der Waals surface area contributed by atoms with Crippen LogP contribution in [0.4, 0.5) is 5.69 Å². The molecule has 0 aromatic heterocycles. The molecule has 2 N–H and O–H groups in total. The quantitative estimate of drug-likeness (QED) is 0.612. The minimum atomic E-state index is -3.79. The lowest BCUT2D eigenvalue weighted by atomic mass is 10.1. The van der Waals surface area contributed by atoms with E-state index in [1.807, 2.05) is 0 Å². The lowest BCUT2D eigenvalue weighted by molar-refractivity contribution is 0.101. The predicted octanol–water partition coefficient (Wildman–Crippen LogP) is 2.05. The monoisotopic (exact) mass is 356 g/mol. The molecule has 0 saturated heterocycles. The second kappa shape index (κ2) is 7.75. The molecular formula is C18H16N2O4S. The van der Waals surface area contributed by atoms with Gasteiger partial charge in [0.05, 0.1) is 11.4 Å². The first kappa shape index (κ1) is 18.4. The lowest BCUT2D eigenvalue weighted by Gasteiger charge is -2.08. The third-order valence-corrected chi connectivity index (χ3v) is 4.70. The maximum absolute atomic E-state index is 12.3. The first-order valence-electron chi connectivity index (χ1n) is 7.29. The zero-order chi connectivity index (χ0) is 18.4. The van der Waals surface area contributed by atoms with Crippen molar-refractivity contribution >= 4 is 27.4 Å². The van der Waals surface area contributed by atoms with Crippen molar-refractivity contribution in [2.45, 2.75) is 11.8 Å². The van der Waals surface area contributed by atoms with Gasteiger partial charge in [-0.2, -0.15) is 4.72 Å². The van der Waals surface area contributed by atoms with Crippen molar-refractivity contribution in [1.82, 2.24) is 4.72 Å². The van der Waals surface area contributed by atoms with Crippen LogP contribution in [0, 0.1) is 12.3 Å². The summed E-state index contributed by atoms with van der Waals surface area (Å²) in [7, 11) is -3.79. The topological polar surface area (TPSA) is 92.3 Å². The number of amides is 1. The van der Waals surface area contributed by atoms with Gasteiger partial charge in [-0.15, -0.1) is 6.42 Å². The highest BCUT2D eigenvalue weighted by Crippen LogP contribution is 2.15. The van der Waals surface area contributed by atoms with E-state index in [1.54, 1.807) is 24.3 Å². The first-order chi connectivity index (χ1) is 11.8. The van der Waals surface area contributed by atoms with E-state index >= 15 is 0 Å². The van der Waals surface area contributed by atoms with Gasteiger partial charge in [0.25, 0.3) is 5.91 Å². The number of anilines is 1. The van der Waals surface area contributed by atoms with E-state index in [0.29, 0.717) is 11.3 Å². The molecule has 0 aliphatic heterocycles. The highest BCUT2D eigenvalue weighted by Gasteiger charge is 2.15. The van der Waals surface area contributed by atoms with Gasteiger partial charge in [0.2, 0.25) is 10.0 Å². The van der Waals surface area contributed by atoms with E-state index in [1.165, 1.54) is 31.2 Å². The minimum Gasteiger partial charge on any atom is -0.322 e. The Balaban J connectivity index is 2.23. The van der Waals surface area contributed by atoms with Gasteiger partial charge in [0, 0.05) is 16.8 Å². The molecule has 25 heavy (non-hydrogen) atoms. The Labute approximate surface area is 146 Å². The number of nitrogens with one attached hydrogen (secondary N) is 2. The summed E-state index contributed by atoms with van der Waals surface area (Å²) in [6.07, 6.45) is 5.05. The van der Waals surface area contributed by atoms with Crippen molar-refractivity contribution in [3.8, 4) is 12.3 Å². The molecule has 0 saturated carbocycles. The van der Waals surface area contributed by atoms with Gasteiger partial charge in [-0.25, -0.2) is 8.42 Å². The van der Waals surface area contributed by atoms with Crippen molar-refractivity contribution in [2.24, 2.45) is 0 Å². The van der Waals surface area contributed by atoms with Crippen LogP contribution >= 0.6 is 0 Å². The van der Waals surface area contributed by atoms with Gasteiger partial charge in [0.1, 0.15) is 0 Å². The molecule has 1 amide bonds. The highest BCUT2D eigenvalue weighted by molar-refractivity contribution is 7.89. The summed E-state index contributed by atoms with van der Waals surface area (Å²) >= 11 is 0. The summed E-state index contributed by atoms with van der Waals surface area (Å²) in [5.41, 5.74) is 1.07. The summed E-state index contributed by atoms with van der Waals surface area (Å²) in [6.45, 7) is 1.29. The molecule has 128 valence electrons. The Kier molecular flexibility index (Phi) is 5.70. The van der Waals surface area contributed by atoms with Crippen LogP contribution in [-0.4, -0.2) is 26.7 Å². The molecule has 0 unspecified atom stereocenters. The molecule has 2 rings (SSSR count). The van der Waals surface area contributed by atoms with Crippen LogP contribution in [0.15, 0.2) is 53.4 Å². The number of Topliss-reactive ketones (excluding diaryl/α,β-unsaturated/α-hetero) is 1. The standard InChI is InChI=1S/C18H16N2O4S/c1-3-10-19-25(23,24)17-9-5-7-15(12-17)18(22)20-16-8-4-6-14(11-16)13(2)21/h1,4-9,11-12,19H,10H2,2H3,(H,20,22). The van der Waals surface area contributed by atoms with Crippen molar-refractivity contribution in [1.29, 1.82) is 0 Å². The summed E-state index contributed by atoms with van der Waals surface area (Å²) in [5.74, 6) is 1.57. The number of hydrogen-bond acceptors (Lipinski definition) is 4. The highest BCUT2D eigenvalue weighted by atomic mass is 32.2. The number of hydrogen-bond donors (Lipinski definition) is 2. The second-order valence-corrected chi connectivity index (χ2v) is 6.91. The normalized spacial score (nSPS) is 10.7. The third-order valence-electron chi connectivity index (χ3n) is 3.30. The zero-order valence-corrected chi connectivity index (χ0v) is 14.3. The number of ketones is 1. The Morgan fingerprint density at radius 1 is 1.08 bits per heavy atom. The molecular weight excluding hydrogens is 340 g/mol. The van der Waals surface area contributed by atoms with Gasteiger partial charge < -0.3 is 5.32 Å². The smallest absolute Gasteiger partial charge is 0.255 e. The molecule has 0 bridgehead atoms. The van der Waals surface area contributed by atoms with Crippen LogP contribution in [0.2, 0.25) is 0 Å². The summed E-state index contributed by atoms with van der Waals surface area (Å²) < 4.78 is 26.4. The lowest BCUT2D eigenvalue weighted by Crippen LogP contribution is -2.24. The Hall–Kier alpha value is -2.95. The predicted molar refractivity (Wildman–Crippen MR) is 94.9 cm³/mol. The van der Waals surface area contributed by atoms with Crippen molar-refractivity contribution in [3.63, 3.8) is 0 Å². The van der Waals surface area contributed by atoms with Crippen LogP contribution in [0.3, 0.4) is 0 Å².